The van der Waals surface area contributed by atoms with Crippen LogP contribution >= 0.6 is 22.6 Å². The Kier molecular flexibility index (Phi) is 5.06. The summed E-state index contributed by atoms with van der Waals surface area (Å²) in [5, 5.41) is 8.85. The summed E-state index contributed by atoms with van der Waals surface area (Å²) in [6.45, 7) is 3.15. The Morgan fingerprint density at radius 2 is 1.95 bits per heavy atom. The molecule has 0 amide bonds. The van der Waals surface area contributed by atoms with Gasteiger partial charge in [0.1, 0.15) is 5.75 Å². The molecule has 3 nitrogen and oxygen atoms in total. The van der Waals surface area contributed by atoms with Gasteiger partial charge in [-0.05, 0) is 43.6 Å². The number of rotatable bonds is 4. The zero-order chi connectivity index (χ0) is 13.7. The quantitative estimate of drug-likeness (QED) is 0.602. The molecule has 1 heterocycles. The molecule has 0 aliphatic carbocycles. The molecule has 1 aromatic carbocycles. The largest absolute Gasteiger partial charge is 0.497 e. The highest BCUT2D eigenvalue weighted by molar-refractivity contribution is 14.1. The first-order chi connectivity index (χ1) is 9.15. The van der Waals surface area contributed by atoms with E-state index in [1.165, 1.54) is 5.56 Å². The second-order valence-electron chi connectivity index (χ2n) is 5.11. The molecule has 0 radical (unpaired) electrons. The molecule has 1 saturated heterocycles. The average Bonchev–Trinajstić information content (AvgIpc) is 2.43. The van der Waals surface area contributed by atoms with Gasteiger partial charge in [0.2, 0.25) is 0 Å². The molecule has 0 unspecified atom stereocenters. The van der Waals surface area contributed by atoms with Crippen molar-refractivity contribution in [1.82, 2.24) is 4.90 Å². The molecule has 0 saturated carbocycles. The van der Waals surface area contributed by atoms with Gasteiger partial charge in [-0.3, -0.25) is 4.90 Å². The number of nitrogens with zero attached hydrogens (tertiary/aromatic N) is 2. The smallest absolute Gasteiger partial charge is 0.118 e. The normalized spacial score (nSPS) is 18.8. The Morgan fingerprint density at radius 1 is 1.32 bits per heavy atom. The van der Waals surface area contributed by atoms with Crippen LogP contribution < -0.4 is 4.74 Å². The van der Waals surface area contributed by atoms with Crippen LogP contribution in [-0.2, 0) is 6.54 Å². The molecule has 0 aromatic heterocycles. The van der Waals surface area contributed by atoms with Crippen molar-refractivity contribution in [2.75, 3.05) is 20.2 Å². The minimum atomic E-state index is 0.197. The maximum absolute atomic E-state index is 8.85. The molecule has 1 aromatic rings. The fourth-order valence-corrected chi connectivity index (χ4v) is 3.07. The second-order valence-corrected chi connectivity index (χ2v) is 7.40. The lowest BCUT2D eigenvalue weighted by Gasteiger charge is -2.36. The van der Waals surface area contributed by atoms with Crippen molar-refractivity contribution in [2.24, 2.45) is 0 Å². The number of halogens is 1. The van der Waals surface area contributed by atoms with Gasteiger partial charge in [0.05, 0.1) is 13.2 Å². The molecular weight excluding hydrogens is 351 g/mol. The minimum absolute atomic E-state index is 0.197. The lowest BCUT2D eigenvalue weighted by molar-refractivity contribution is 0.199. The van der Waals surface area contributed by atoms with Gasteiger partial charge in [0.25, 0.3) is 0 Å². The number of alkyl halides is 1. The number of methoxy groups -OCH3 is 1. The monoisotopic (exact) mass is 370 g/mol. The van der Waals surface area contributed by atoms with Gasteiger partial charge >= 0.3 is 0 Å². The van der Waals surface area contributed by atoms with Crippen LogP contribution in [0, 0.1) is 11.3 Å². The van der Waals surface area contributed by atoms with E-state index < -0.39 is 0 Å². The van der Waals surface area contributed by atoms with Crippen molar-refractivity contribution >= 4 is 22.6 Å². The van der Waals surface area contributed by atoms with Gasteiger partial charge in [-0.15, -0.1) is 0 Å². The summed E-state index contributed by atoms with van der Waals surface area (Å²) in [5.74, 6) is 0.905. The summed E-state index contributed by atoms with van der Waals surface area (Å²) in [6, 6.07) is 10.6. The maximum Gasteiger partial charge on any atom is 0.118 e. The van der Waals surface area contributed by atoms with Crippen molar-refractivity contribution in [3.63, 3.8) is 0 Å². The van der Waals surface area contributed by atoms with Crippen LogP contribution in [0.1, 0.15) is 24.8 Å². The van der Waals surface area contributed by atoms with E-state index in [9.17, 15) is 0 Å². The zero-order valence-corrected chi connectivity index (χ0v) is 13.4. The van der Waals surface area contributed by atoms with Gasteiger partial charge in [-0.1, -0.05) is 34.7 Å². The molecule has 102 valence electrons. The first-order valence-electron chi connectivity index (χ1n) is 6.56. The number of hydrogen-bond acceptors (Lipinski definition) is 3. The Hall–Kier alpha value is -0.800. The molecule has 19 heavy (non-hydrogen) atoms. The maximum atomic E-state index is 8.85. The van der Waals surface area contributed by atoms with Crippen molar-refractivity contribution in [1.29, 1.82) is 5.26 Å². The second kappa shape index (κ2) is 6.58. The summed E-state index contributed by atoms with van der Waals surface area (Å²) in [7, 11) is 1.69. The van der Waals surface area contributed by atoms with E-state index in [2.05, 4.69) is 45.7 Å². The molecule has 1 aliphatic rings. The first kappa shape index (κ1) is 14.6. The Labute approximate surface area is 128 Å². The van der Waals surface area contributed by atoms with Gasteiger partial charge in [-0.2, -0.15) is 5.26 Å². The molecule has 0 spiro atoms. The van der Waals surface area contributed by atoms with E-state index in [0.717, 1.165) is 38.2 Å². The third-order valence-electron chi connectivity index (χ3n) is 3.71. The van der Waals surface area contributed by atoms with Gasteiger partial charge < -0.3 is 4.74 Å². The summed E-state index contributed by atoms with van der Waals surface area (Å²) in [6.07, 6.45) is 2.89. The molecular formula is C15H19IN2O. The van der Waals surface area contributed by atoms with Gasteiger partial charge in [-0.25, -0.2) is 0 Å². The third kappa shape index (κ3) is 4.08. The van der Waals surface area contributed by atoms with Crippen LogP contribution in [0.3, 0.4) is 0 Å². The standard InChI is InChI=1S/C15H19IN2O/c1-19-14-4-2-13(3-5-14)12-18-10-7-15(16,6-9-17)8-11-18/h2-5H,6-8,10-12H2,1H3. The topological polar surface area (TPSA) is 36.3 Å². The van der Waals surface area contributed by atoms with Crippen LogP contribution in [0.2, 0.25) is 0 Å². The lowest BCUT2D eigenvalue weighted by Crippen LogP contribution is -2.40. The predicted molar refractivity (Wildman–Crippen MR) is 84.5 cm³/mol. The number of nitriles is 1. The van der Waals surface area contributed by atoms with Gasteiger partial charge in [0, 0.05) is 16.4 Å². The summed E-state index contributed by atoms with van der Waals surface area (Å²) in [4.78, 5) is 2.47. The predicted octanol–water partition coefficient (Wildman–Crippen LogP) is 3.38. The SMILES string of the molecule is COc1ccc(CN2CCC(I)(CC#N)CC2)cc1. The Morgan fingerprint density at radius 3 is 2.47 bits per heavy atom. The molecule has 0 N–H and O–H groups in total. The molecule has 1 aliphatic heterocycles. The van der Waals surface area contributed by atoms with E-state index in [0.29, 0.717) is 6.42 Å². The van der Waals surface area contributed by atoms with Gasteiger partial charge in [0.15, 0.2) is 0 Å². The Bertz CT molecular complexity index is 444. The summed E-state index contributed by atoms with van der Waals surface area (Å²) < 4.78 is 5.37. The number of hydrogen-bond donors (Lipinski definition) is 0. The highest BCUT2D eigenvalue weighted by Crippen LogP contribution is 2.35. The van der Waals surface area contributed by atoms with Crippen molar-refractivity contribution in [2.45, 2.75) is 29.2 Å². The fourth-order valence-electron chi connectivity index (χ4n) is 2.42. The van der Waals surface area contributed by atoms with E-state index >= 15 is 0 Å². The summed E-state index contributed by atoms with van der Waals surface area (Å²) >= 11 is 2.47. The molecule has 0 bridgehead atoms. The lowest BCUT2D eigenvalue weighted by atomic mass is 9.94. The van der Waals surface area contributed by atoms with Crippen LogP contribution in [-0.4, -0.2) is 28.5 Å². The van der Waals surface area contributed by atoms with Crippen LogP contribution in [0.4, 0.5) is 0 Å². The number of ether oxygens (including phenoxy) is 1. The minimum Gasteiger partial charge on any atom is -0.497 e. The van der Waals surface area contributed by atoms with Crippen molar-refractivity contribution in [3.8, 4) is 11.8 Å². The number of likely N-dealkylation sites (tertiary alicyclic amines) is 1. The average molecular weight is 370 g/mol. The third-order valence-corrected chi connectivity index (χ3v) is 5.17. The summed E-state index contributed by atoms with van der Waals surface area (Å²) in [5.41, 5.74) is 1.32. The van der Waals surface area contributed by atoms with Crippen LogP contribution in [0.15, 0.2) is 24.3 Å². The highest BCUT2D eigenvalue weighted by Gasteiger charge is 2.31. The van der Waals surface area contributed by atoms with Crippen LogP contribution in [0.25, 0.3) is 0 Å². The molecule has 2 rings (SSSR count). The zero-order valence-electron chi connectivity index (χ0n) is 11.2. The van der Waals surface area contributed by atoms with E-state index in [4.69, 9.17) is 10.00 Å². The van der Waals surface area contributed by atoms with Crippen LogP contribution in [0.5, 0.6) is 5.75 Å². The number of piperidine rings is 1. The van der Waals surface area contributed by atoms with Crippen molar-refractivity contribution in [3.05, 3.63) is 29.8 Å². The fraction of sp³-hybridized carbons (Fsp3) is 0.533. The Balaban J connectivity index is 1.87. The van der Waals surface area contributed by atoms with E-state index in [1.807, 2.05) is 12.1 Å². The number of benzene rings is 1. The molecule has 1 fully saturated rings. The molecule has 4 heteroatoms. The highest BCUT2D eigenvalue weighted by atomic mass is 127. The molecule has 0 atom stereocenters. The van der Waals surface area contributed by atoms with Crippen molar-refractivity contribution < 1.29 is 4.74 Å². The first-order valence-corrected chi connectivity index (χ1v) is 7.64. The van der Waals surface area contributed by atoms with E-state index in [-0.39, 0.29) is 3.42 Å². The van der Waals surface area contributed by atoms with E-state index in [1.54, 1.807) is 7.11 Å².